The summed E-state index contributed by atoms with van der Waals surface area (Å²) in [6, 6.07) is 23.8. The van der Waals surface area contributed by atoms with Crippen molar-refractivity contribution in [1.29, 1.82) is 0 Å². The van der Waals surface area contributed by atoms with E-state index < -0.39 is 0 Å². The highest BCUT2D eigenvalue weighted by molar-refractivity contribution is 7.98. The van der Waals surface area contributed by atoms with E-state index in [9.17, 15) is 4.79 Å². The summed E-state index contributed by atoms with van der Waals surface area (Å²) in [5.74, 6) is 1.63. The van der Waals surface area contributed by atoms with E-state index in [1.54, 1.807) is 36.0 Å². The van der Waals surface area contributed by atoms with Gasteiger partial charge in [-0.2, -0.15) is 0 Å². The Morgan fingerprint density at radius 2 is 1.50 bits per heavy atom. The van der Waals surface area contributed by atoms with E-state index in [1.165, 1.54) is 0 Å². The normalized spacial score (nSPS) is 10.6. The van der Waals surface area contributed by atoms with Crippen LogP contribution in [0, 0.1) is 0 Å². The Balaban J connectivity index is 1.29. The molecule has 0 bridgehead atoms. The van der Waals surface area contributed by atoms with Gasteiger partial charge >= 0.3 is 6.03 Å². The van der Waals surface area contributed by atoms with Crippen LogP contribution in [0.25, 0.3) is 11.5 Å². The summed E-state index contributed by atoms with van der Waals surface area (Å²) in [5, 5.41) is 14.4. The highest BCUT2D eigenvalue weighted by atomic mass is 35.5. The fourth-order valence-electron chi connectivity index (χ4n) is 2.62. The molecule has 0 fully saturated rings. The minimum Gasteiger partial charge on any atom is -0.420 e. The first-order valence-corrected chi connectivity index (χ1v) is 10.5. The molecule has 0 aliphatic carbocycles. The minimum absolute atomic E-state index is 0.322. The third-order valence-corrected chi connectivity index (χ3v) is 5.31. The van der Waals surface area contributed by atoms with Crippen LogP contribution in [0.15, 0.2) is 88.2 Å². The molecule has 0 atom stereocenters. The molecule has 0 spiro atoms. The van der Waals surface area contributed by atoms with Gasteiger partial charge in [0.2, 0.25) is 11.8 Å². The molecule has 3 aromatic carbocycles. The van der Waals surface area contributed by atoms with Crippen LogP contribution >= 0.6 is 23.4 Å². The molecule has 1 heterocycles. The fourth-order valence-corrected chi connectivity index (χ4v) is 3.48. The smallest absolute Gasteiger partial charge is 0.323 e. The van der Waals surface area contributed by atoms with Crippen molar-refractivity contribution < 1.29 is 9.21 Å². The third-order valence-electron chi connectivity index (χ3n) is 4.06. The van der Waals surface area contributed by atoms with E-state index >= 15 is 0 Å². The summed E-state index contributed by atoms with van der Waals surface area (Å²) in [4.78, 5) is 13.1. The number of hydrogen-bond donors (Lipinski definition) is 2. The Morgan fingerprint density at radius 1 is 0.867 bits per heavy atom. The second-order valence-electron chi connectivity index (χ2n) is 6.27. The Hall–Kier alpha value is -3.29. The number of benzene rings is 3. The average Bonchev–Trinajstić information content (AvgIpc) is 3.25. The Kier molecular flexibility index (Phi) is 6.32. The summed E-state index contributed by atoms with van der Waals surface area (Å²) < 4.78 is 5.72. The molecule has 0 radical (unpaired) electrons. The number of carbonyl (C=O) groups excluding carboxylic acids is 1. The first-order valence-electron chi connectivity index (χ1n) is 9.10. The summed E-state index contributed by atoms with van der Waals surface area (Å²) in [6.07, 6.45) is 0. The van der Waals surface area contributed by atoms with Gasteiger partial charge in [-0.3, -0.25) is 0 Å². The van der Waals surface area contributed by atoms with Crippen LogP contribution in [0.3, 0.4) is 0 Å². The monoisotopic (exact) mass is 436 g/mol. The summed E-state index contributed by atoms with van der Waals surface area (Å²) in [7, 11) is 0. The lowest BCUT2D eigenvalue weighted by Crippen LogP contribution is -2.19. The number of amides is 2. The first kappa shape index (κ1) is 20.0. The molecule has 0 aliphatic heterocycles. The number of anilines is 2. The lowest BCUT2D eigenvalue weighted by molar-refractivity contribution is 0.262. The lowest BCUT2D eigenvalue weighted by atomic mass is 10.2. The van der Waals surface area contributed by atoms with Crippen molar-refractivity contribution in [3.63, 3.8) is 0 Å². The van der Waals surface area contributed by atoms with Crippen LogP contribution in [0.2, 0.25) is 5.02 Å². The lowest BCUT2D eigenvalue weighted by Gasteiger charge is -2.08. The number of nitrogens with one attached hydrogen (secondary N) is 2. The van der Waals surface area contributed by atoms with Gasteiger partial charge in [-0.1, -0.05) is 29.8 Å². The molecule has 150 valence electrons. The maximum Gasteiger partial charge on any atom is 0.323 e. The molecule has 0 unspecified atom stereocenters. The second-order valence-corrected chi connectivity index (χ2v) is 7.75. The van der Waals surface area contributed by atoms with Gasteiger partial charge in [0, 0.05) is 26.9 Å². The van der Waals surface area contributed by atoms with E-state index in [4.69, 9.17) is 16.0 Å². The fraction of sp³-hybridized carbons (Fsp3) is 0.0455. The molecule has 1 aromatic heterocycles. The van der Waals surface area contributed by atoms with Gasteiger partial charge in [-0.25, -0.2) is 4.79 Å². The third kappa shape index (κ3) is 5.40. The molecule has 4 aromatic rings. The topological polar surface area (TPSA) is 80.0 Å². The predicted molar refractivity (Wildman–Crippen MR) is 120 cm³/mol. The van der Waals surface area contributed by atoms with Crippen molar-refractivity contribution in [2.75, 3.05) is 10.6 Å². The molecular weight excluding hydrogens is 420 g/mol. The van der Waals surface area contributed by atoms with E-state index in [2.05, 4.69) is 20.8 Å². The Labute approximate surface area is 182 Å². The van der Waals surface area contributed by atoms with E-state index in [1.807, 2.05) is 54.6 Å². The van der Waals surface area contributed by atoms with Crippen molar-refractivity contribution in [3.05, 3.63) is 89.8 Å². The summed E-state index contributed by atoms with van der Waals surface area (Å²) in [5.41, 5.74) is 2.25. The molecule has 0 saturated carbocycles. The zero-order valence-electron chi connectivity index (χ0n) is 15.7. The Bertz CT molecular complexity index is 1120. The number of thioether (sulfide) groups is 1. The molecule has 6 nitrogen and oxygen atoms in total. The molecule has 30 heavy (non-hydrogen) atoms. The van der Waals surface area contributed by atoms with Crippen LogP contribution < -0.4 is 10.6 Å². The van der Waals surface area contributed by atoms with Gasteiger partial charge < -0.3 is 15.1 Å². The van der Waals surface area contributed by atoms with Crippen molar-refractivity contribution in [2.24, 2.45) is 0 Å². The molecule has 8 heteroatoms. The maximum absolute atomic E-state index is 12.1. The van der Waals surface area contributed by atoms with Gasteiger partial charge in [0.25, 0.3) is 0 Å². The molecule has 2 amide bonds. The quantitative estimate of drug-likeness (QED) is 0.345. The minimum atomic E-state index is -0.322. The van der Waals surface area contributed by atoms with Gasteiger partial charge in [0.15, 0.2) is 0 Å². The van der Waals surface area contributed by atoms with Crippen molar-refractivity contribution in [3.8, 4) is 11.5 Å². The SMILES string of the molecule is O=C(Nc1ccc(Cl)cc1)Nc1ccc(SCc2nnc(-c3ccccc3)o2)cc1. The highest BCUT2D eigenvalue weighted by Gasteiger charge is 2.09. The number of nitrogens with zero attached hydrogens (tertiary/aromatic N) is 2. The maximum atomic E-state index is 12.1. The van der Waals surface area contributed by atoms with Crippen LogP contribution in [-0.2, 0) is 5.75 Å². The van der Waals surface area contributed by atoms with Crippen LogP contribution in [0.5, 0.6) is 0 Å². The highest BCUT2D eigenvalue weighted by Crippen LogP contribution is 2.25. The Morgan fingerprint density at radius 3 is 2.17 bits per heavy atom. The molecule has 0 aliphatic rings. The predicted octanol–water partition coefficient (Wildman–Crippen LogP) is 6.33. The second kappa shape index (κ2) is 9.47. The number of hydrogen-bond acceptors (Lipinski definition) is 5. The molecule has 0 saturated heterocycles. The van der Waals surface area contributed by atoms with E-state index in [-0.39, 0.29) is 6.03 Å². The number of urea groups is 1. The van der Waals surface area contributed by atoms with E-state index in [0.717, 1.165) is 10.5 Å². The number of halogens is 1. The van der Waals surface area contributed by atoms with Crippen molar-refractivity contribution >= 4 is 40.8 Å². The molecule has 2 N–H and O–H groups in total. The van der Waals surface area contributed by atoms with E-state index in [0.29, 0.717) is 33.9 Å². The first-order chi connectivity index (χ1) is 14.7. The van der Waals surface area contributed by atoms with Crippen LogP contribution in [-0.4, -0.2) is 16.2 Å². The summed E-state index contributed by atoms with van der Waals surface area (Å²) in [6.45, 7) is 0. The van der Waals surface area contributed by atoms with Gasteiger partial charge in [-0.05, 0) is 60.7 Å². The number of carbonyl (C=O) groups is 1. The van der Waals surface area contributed by atoms with Gasteiger partial charge in [0.1, 0.15) is 0 Å². The largest absolute Gasteiger partial charge is 0.420 e. The van der Waals surface area contributed by atoms with Crippen molar-refractivity contribution in [1.82, 2.24) is 10.2 Å². The van der Waals surface area contributed by atoms with Gasteiger partial charge in [0.05, 0.1) is 5.75 Å². The zero-order valence-corrected chi connectivity index (χ0v) is 17.3. The van der Waals surface area contributed by atoms with Crippen LogP contribution in [0.1, 0.15) is 5.89 Å². The average molecular weight is 437 g/mol. The number of aromatic nitrogens is 2. The van der Waals surface area contributed by atoms with Crippen molar-refractivity contribution in [2.45, 2.75) is 10.6 Å². The molecule has 4 rings (SSSR count). The van der Waals surface area contributed by atoms with Crippen LogP contribution in [0.4, 0.5) is 16.2 Å². The standard InChI is InChI=1S/C22H17ClN4O2S/c23-16-6-8-17(9-7-16)24-22(28)25-18-10-12-19(13-11-18)30-14-20-26-27-21(29-20)15-4-2-1-3-5-15/h1-13H,14H2,(H2,24,25,28). The number of rotatable bonds is 6. The zero-order chi connectivity index (χ0) is 20.8. The summed E-state index contributed by atoms with van der Waals surface area (Å²) >= 11 is 7.42. The van der Waals surface area contributed by atoms with Gasteiger partial charge in [-0.15, -0.1) is 22.0 Å². The molecular formula is C22H17ClN4O2S.